The third kappa shape index (κ3) is 8.32. The second-order valence-corrected chi connectivity index (χ2v) is 9.31. The van der Waals surface area contributed by atoms with Crippen molar-refractivity contribution >= 4 is 41.3 Å². The van der Waals surface area contributed by atoms with Crippen molar-refractivity contribution in [3.63, 3.8) is 0 Å². The van der Waals surface area contributed by atoms with Crippen molar-refractivity contribution < 1.29 is 4.74 Å². The SMILES string of the molecule is CN=C(NCc1ccc(CN2CC(C)OC(C)C2)cc1)NCc1nc(C(C)C)cs1.I. The maximum Gasteiger partial charge on any atom is 0.191 e. The van der Waals surface area contributed by atoms with Crippen LogP contribution in [0, 0.1) is 0 Å². The summed E-state index contributed by atoms with van der Waals surface area (Å²) in [5, 5.41) is 9.95. The molecule has 1 aliphatic rings. The lowest BCUT2D eigenvalue weighted by Gasteiger charge is -2.35. The summed E-state index contributed by atoms with van der Waals surface area (Å²) in [4.78, 5) is 11.5. The van der Waals surface area contributed by atoms with Gasteiger partial charge in [-0.1, -0.05) is 38.1 Å². The van der Waals surface area contributed by atoms with Gasteiger partial charge in [0, 0.05) is 38.6 Å². The molecule has 2 aromatic rings. The highest BCUT2D eigenvalue weighted by atomic mass is 127. The number of hydrogen-bond donors (Lipinski definition) is 2. The molecule has 2 heterocycles. The van der Waals surface area contributed by atoms with Gasteiger partial charge in [0.05, 0.1) is 24.4 Å². The number of hydrogen-bond acceptors (Lipinski definition) is 5. The number of nitrogens with zero attached hydrogens (tertiary/aromatic N) is 3. The monoisotopic (exact) mass is 557 g/mol. The van der Waals surface area contributed by atoms with Crippen LogP contribution in [0.3, 0.4) is 0 Å². The largest absolute Gasteiger partial charge is 0.373 e. The van der Waals surface area contributed by atoms with E-state index in [9.17, 15) is 0 Å². The van der Waals surface area contributed by atoms with E-state index in [1.165, 1.54) is 11.1 Å². The Balaban J connectivity index is 0.00000341. The van der Waals surface area contributed by atoms with Gasteiger partial charge < -0.3 is 15.4 Å². The van der Waals surface area contributed by atoms with Crippen molar-refractivity contribution in [1.82, 2.24) is 20.5 Å². The standard InChI is InChI=1S/C23H35N5OS.HI/c1-16(2)21-15-30-22(27-21)11-26-23(24-5)25-10-19-6-8-20(9-7-19)14-28-12-17(3)29-18(4)13-28;/h6-9,15-18H,10-14H2,1-5H3,(H2,24,25,26);1H. The molecule has 1 aromatic heterocycles. The summed E-state index contributed by atoms with van der Waals surface area (Å²) in [6.07, 6.45) is 0.607. The number of rotatable bonds is 7. The van der Waals surface area contributed by atoms with Crippen molar-refractivity contribution in [3.8, 4) is 0 Å². The number of aliphatic imine (C=N–C) groups is 1. The van der Waals surface area contributed by atoms with E-state index in [-0.39, 0.29) is 24.0 Å². The third-order valence-electron chi connectivity index (χ3n) is 5.18. The molecule has 1 aliphatic heterocycles. The van der Waals surface area contributed by atoms with Crippen LogP contribution in [0.25, 0.3) is 0 Å². The molecule has 2 atom stereocenters. The van der Waals surface area contributed by atoms with Gasteiger partial charge in [0.15, 0.2) is 5.96 Å². The maximum absolute atomic E-state index is 5.83. The first-order valence-electron chi connectivity index (χ1n) is 10.8. The Hall–Kier alpha value is -1.23. The Morgan fingerprint density at radius 2 is 1.74 bits per heavy atom. The zero-order chi connectivity index (χ0) is 21.5. The van der Waals surface area contributed by atoms with Gasteiger partial charge in [-0.25, -0.2) is 4.98 Å². The van der Waals surface area contributed by atoms with Crippen LogP contribution in [-0.4, -0.2) is 48.2 Å². The van der Waals surface area contributed by atoms with Gasteiger partial charge in [0.25, 0.3) is 0 Å². The van der Waals surface area contributed by atoms with E-state index in [0.29, 0.717) is 24.7 Å². The minimum absolute atomic E-state index is 0. The number of thiazole rings is 1. The van der Waals surface area contributed by atoms with Crippen LogP contribution in [0.2, 0.25) is 0 Å². The second-order valence-electron chi connectivity index (χ2n) is 8.37. The Kier molecular flexibility index (Phi) is 10.7. The lowest BCUT2D eigenvalue weighted by atomic mass is 10.1. The third-order valence-corrected chi connectivity index (χ3v) is 6.04. The van der Waals surface area contributed by atoms with Crippen molar-refractivity contribution in [1.29, 1.82) is 0 Å². The highest BCUT2D eigenvalue weighted by molar-refractivity contribution is 14.0. The summed E-state index contributed by atoms with van der Waals surface area (Å²) in [7, 11) is 1.80. The number of morpholine rings is 1. The van der Waals surface area contributed by atoms with E-state index in [2.05, 4.69) is 82.9 Å². The normalized spacial score (nSPS) is 19.9. The fourth-order valence-corrected chi connectivity index (χ4v) is 4.57. The summed E-state index contributed by atoms with van der Waals surface area (Å²) in [6.45, 7) is 13.0. The Bertz CT molecular complexity index is 814. The Morgan fingerprint density at radius 3 is 2.32 bits per heavy atom. The predicted octanol–water partition coefficient (Wildman–Crippen LogP) is 4.36. The van der Waals surface area contributed by atoms with E-state index in [0.717, 1.165) is 42.8 Å². The van der Waals surface area contributed by atoms with Crippen LogP contribution in [-0.2, 0) is 24.4 Å². The van der Waals surface area contributed by atoms with E-state index < -0.39 is 0 Å². The molecular weight excluding hydrogens is 521 g/mol. The molecule has 0 bridgehead atoms. The smallest absolute Gasteiger partial charge is 0.191 e. The molecule has 1 aromatic carbocycles. The number of halogens is 1. The van der Waals surface area contributed by atoms with Crippen molar-refractivity contribution in [2.75, 3.05) is 20.1 Å². The Morgan fingerprint density at radius 1 is 1.13 bits per heavy atom. The summed E-state index contributed by atoms with van der Waals surface area (Å²) in [5.41, 5.74) is 3.73. The van der Waals surface area contributed by atoms with Gasteiger partial charge in [-0.05, 0) is 30.9 Å². The zero-order valence-corrected chi connectivity index (χ0v) is 22.4. The summed E-state index contributed by atoms with van der Waals surface area (Å²) >= 11 is 1.69. The molecule has 0 amide bonds. The highest BCUT2D eigenvalue weighted by Gasteiger charge is 2.21. The molecule has 2 unspecified atom stereocenters. The van der Waals surface area contributed by atoms with Crippen LogP contribution in [0.1, 0.15) is 55.4 Å². The zero-order valence-electron chi connectivity index (χ0n) is 19.2. The predicted molar refractivity (Wildman–Crippen MR) is 140 cm³/mol. The second kappa shape index (κ2) is 12.7. The molecule has 0 saturated carbocycles. The van der Waals surface area contributed by atoms with Crippen LogP contribution < -0.4 is 10.6 Å². The van der Waals surface area contributed by atoms with E-state index >= 15 is 0 Å². The van der Waals surface area contributed by atoms with Crippen LogP contribution in [0.4, 0.5) is 0 Å². The van der Waals surface area contributed by atoms with Gasteiger partial charge >= 0.3 is 0 Å². The van der Waals surface area contributed by atoms with E-state index in [1.807, 2.05) is 0 Å². The molecule has 2 N–H and O–H groups in total. The van der Waals surface area contributed by atoms with Gasteiger partial charge in [0.1, 0.15) is 5.01 Å². The molecule has 1 saturated heterocycles. The number of guanidine groups is 1. The molecular formula is C23H36IN5OS. The fraction of sp³-hybridized carbons (Fsp3) is 0.565. The molecule has 172 valence electrons. The average Bonchev–Trinajstić information content (AvgIpc) is 3.18. The summed E-state index contributed by atoms with van der Waals surface area (Å²) in [6, 6.07) is 8.83. The van der Waals surface area contributed by atoms with E-state index in [1.54, 1.807) is 18.4 Å². The first-order chi connectivity index (χ1) is 14.4. The maximum atomic E-state index is 5.83. The quantitative estimate of drug-likeness (QED) is 0.301. The molecule has 31 heavy (non-hydrogen) atoms. The van der Waals surface area contributed by atoms with Crippen molar-refractivity contribution in [3.05, 3.63) is 51.5 Å². The molecule has 0 radical (unpaired) electrons. The average molecular weight is 558 g/mol. The first-order valence-corrected chi connectivity index (χ1v) is 11.6. The van der Waals surface area contributed by atoms with Crippen molar-refractivity contribution in [2.24, 2.45) is 4.99 Å². The molecule has 3 rings (SSSR count). The van der Waals surface area contributed by atoms with Gasteiger partial charge in [-0.2, -0.15) is 0 Å². The number of benzene rings is 1. The lowest BCUT2D eigenvalue weighted by molar-refractivity contribution is -0.0704. The highest BCUT2D eigenvalue weighted by Crippen LogP contribution is 2.17. The first kappa shape index (κ1) is 26.0. The van der Waals surface area contributed by atoms with Crippen LogP contribution in [0.5, 0.6) is 0 Å². The van der Waals surface area contributed by atoms with Crippen molar-refractivity contribution in [2.45, 2.75) is 65.5 Å². The summed E-state index contributed by atoms with van der Waals surface area (Å²) in [5.74, 6) is 1.25. The summed E-state index contributed by atoms with van der Waals surface area (Å²) < 4.78 is 5.83. The van der Waals surface area contributed by atoms with Crippen LogP contribution in [0.15, 0.2) is 34.6 Å². The number of ether oxygens (including phenoxy) is 1. The topological polar surface area (TPSA) is 61.8 Å². The molecule has 0 aliphatic carbocycles. The molecule has 6 nitrogen and oxygen atoms in total. The molecule has 8 heteroatoms. The number of nitrogens with one attached hydrogen (secondary N) is 2. The number of aromatic nitrogens is 1. The van der Waals surface area contributed by atoms with Gasteiger partial charge in [0.2, 0.25) is 0 Å². The lowest BCUT2D eigenvalue weighted by Crippen LogP contribution is -2.44. The Labute approximate surface area is 207 Å². The van der Waals surface area contributed by atoms with Crippen LogP contribution >= 0.6 is 35.3 Å². The van der Waals surface area contributed by atoms with E-state index in [4.69, 9.17) is 4.74 Å². The molecule has 1 fully saturated rings. The van der Waals surface area contributed by atoms with Gasteiger partial charge in [-0.15, -0.1) is 35.3 Å². The minimum Gasteiger partial charge on any atom is -0.373 e. The molecule has 0 spiro atoms. The van der Waals surface area contributed by atoms with Gasteiger partial charge in [-0.3, -0.25) is 9.89 Å². The fourth-order valence-electron chi connectivity index (χ4n) is 3.67. The minimum atomic E-state index is 0.